The highest BCUT2D eigenvalue weighted by atomic mass is 28.3. The van der Waals surface area contributed by atoms with E-state index in [1.807, 2.05) is 54.6 Å². The molecule has 2 nitrogen and oxygen atoms in total. The summed E-state index contributed by atoms with van der Waals surface area (Å²) in [6.07, 6.45) is 4.42. The van der Waals surface area contributed by atoms with Crippen molar-refractivity contribution in [2.75, 3.05) is 0 Å². The van der Waals surface area contributed by atoms with Crippen molar-refractivity contribution in [1.82, 2.24) is 0 Å². The summed E-state index contributed by atoms with van der Waals surface area (Å²) < 4.78 is 0. The van der Waals surface area contributed by atoms with Gasteiger partial charge in [-0.3, -0.25) is 4.79 Å². The van der Waals surface area contributed by atoms with Gasteiger partial charge in [-0.15, -0.1) is 0 Å². The molecule has 0 spiro atoms. The molecule has 24 heavy (non-hydrogen) atoms. The lowest BCUT2D eigenvalue weighted by Gasteiger charge is -2.33. The number of hydrogen-bond acceptors (Lipinski definition) is 2. The van der Waals surface area contributed by atoms with E-state index in [1.54, 1.807) is 0 Å². The Hall–Kier alpha value is -1.97. The average Bonchev–Trinajstić information content (AvgIpc) is 2.56. The van der Waals surface area contributed by atoms with Crippen molar-refractivity contribution in [2.45, 2.75) is 37.7 Å². The van der Waals surface area contributed by atoms with Crippen LogP contribution >= 0.6 is 0 Å². The van der Waals surface area contributed by atoms with E-state index in [9.17, 15) is 9.90 Å². The molecular weight excluding hydrogens is 312 g/mol. The normalized spacial score (nSPS) is 20.1. The number of allylic oxidation sites excluding steroid dienone is 1. The van der Waals surface area contributed by atoms with E-state index in [0.717, 1.165) is 17.2 Å². The molecule has 1 aliphatic carbocycles. The maximum atomic E-state index is 13.0. The van der Waals surface area contributed by atoms with Gasteiger partial charge in [0, 0.05) is 20.1 Å². The van der Waals surface area contributed by atoms with Crippen LogP contribution in [0.25, 0.3) is 11.1 Å². The van der Waals surface area contributed by atoms with E-state index in [4.69, 9.17) is 0 Å². The van der Waals surface area contributed by atoms with Crippen LogP contribution in [0.1, 0.15) is 22.3 Å². The van der Waals surface area contributed by atoms with Gasteiger partial charge in [-0.1, -0.05) is 80.3 Å². The van der Waals surface area contributed by atoms with Crippen molar-refractivity contribution < 1.29 is 9.90 Å². The van der Waals surface area contributed by atoms with E-state index in [2.05, 4.69) is 25.7 Å². The number of aliphatic hydroxyl groups is 1. The molecule has 0 saturated heterocycles. The van der Waals surface area contributed by atoms with Crippen molar-refractivity contribution in [3.8, 4) is 11.1 Å². The Morgan fingerprint density at radius 3 is 2.17 bits per heavy atom. The third kappa shape index (κ3) is 3.02. The van der Waals surface area contributed by atoms with Crippen molar-refractivity contribution in [2.24, 2.45) is 0 Å². The molecule has 0 amide bonds. The van der Waals surface area contributed by atoms with Gasteiger partial charge in [-0.25, -0.2) is 0 Å². The second-order valence-corrected chi connectivity index (χ2v) is 13.3. The van der Waals surface area contributed by atoms with Crippen LogP contribution in [0.3, 0.4) is 0 Å². The van der Waals surface area contributed by atoms with Crippen LogP contribution in [0.4, 0.5) is 0 Å². The quantitative estimate of drug-likeness (QED) is 0.628. The molecule has 0 radical (unpaired) electrons. The predicted octanol–water partition coefficient (Wildman–Crippen LogP) is 5.02. The number of rotatable bonds is 4. The van der Waals surface area contributed by atoms with E-state index in [-0.39, 0.29) is 5.78 Å². The van der Waals surface area contributed by atoms with E-state index in [1.165, 1.54) is 0 Å². The highest BCUT2D eigenvalue weighted by molar-refractivity contribution is 6.76. The highest BCUT2D eigenvalue weighted by Gasteiger charge is 2.43. The fraction of sp³-hybridized carbons (Fsp3) is 0.286. The first-order chi connectivity index (χ1) is 11.3. The Morgan fingerprint density at radius 1 is 0.917 bits per heavy atom. The maximum Gasteiger partial charge on any atom is 0.199 e. The van der Waals surface area contributed by atoms with Crippen molar-refractivity contribution in [1.29, 1.82) is 0 Å². The summed E-state index contributed by atoms with van der Waals surface area (Å²) in [6, 6.07) is 16.3. The standard InChI is InChI=1S/C21H24O2Si/c1-24(2,3)15-9-8-14-21(23)19-13-7-6-11-17(19)16-10-4-5-12-18(16)20(21)22/h4-13,23H,14-15H2,1-3H3/b9-8-. The van der Waals surface area contributed by atoms with Crippen LogP contribution in [-0.4, -0.2) is 19.0 Å². The molecule has 1 aliphatic rings. The maximum absolute atomic E-state index is 13.0. The lowest BCUT2D eigenvalue weighted by molar-refractivity contribution is 0.0307. The third-order valence-electron chi connectivity index (χ3n) is 4.52. The molecule has 1 N–H and O–H groups in total. The minimum Gasteiger partial charge on any atom is -0.377 e. The molecule has 3 rings (SSSR count). The molecule has 2 aromatic carbocycles. The molecule has 0 fully saturated rings. The number of ketones is 1. The van der Waals surface area contributed by atoms with Crippen LogP contribution in [0.15, 0.2) is 60.7 Å². The second-order valence-electron chi connectivity index (χ2n) is 7.72. The van der Waals surface area contributed by atoms with Gasteiger partial charge < -0.3 is 5.11 Å². The average molecular weight is 337 g/mol. The molecular formula is C21H24O2Si. The first-order valence-electron chi connectivity index (χ1n) is 8.44. The number of carbonyl (C=O) groups is 1. The first kappa shape index (κ1) is 16.9. The highest BCUT2D eigenvalue weighted by Crippen LogP contribution is 2.43. The van der Waals surface area contributed by atoms with Gasteiger partial charge >= 0.3 is 0 Å². The summed E-state index contributed by atoms with van der Waals surface area (Å²) in [5.41, 5.74) is 1.72. The number of hydrogen-bond donors (Lipinski definition) is 1. The topological polar surface area (TPSA) is 37.3 Å². The number of carbonyl (C=O) groups excluding carboxylic acids is 1. The van der Waals surface area contributed by atoms with E-state index >= 15 is 0 Å². The Bertz CT molecular complexity index is 801. The largest absolute Gasteiger partial charge is 0.377 e. The Kier molecular flexibility index (Phi) is 4.32. The monoisotopic (exact) mass is 336 g/mol. The Morgan fingerprint density at radius 2 is 1.50 bits per heavy atom. The molecule has 2 aromatic rings. The Balaban J connectivity index is 2.01. The van der Waals surface area contributed by atoms with E-state index in [0.29, 0.717) is 17.5 Å². The fourth-order valence-corrected chi connectivity index (χ4v) is 4.11. The molecule has 3 heteroatoms. The zero-order valence-electron chi connectivity index (χ0n) is 14.5. The molecule has 1 unspecified atom stereocenters. The minimum absolute atomic E-state index is 0.200. The summed E-state index contributed by atoms with van der Waals surface area (Å²) in [6.45, 7) is 6.93. The van der Waals surface area contributed by atoms with Crippen molar-refractivity contribution >= 4 is 13.9 Å². The molecule has 124 valence electrons. The lowest BCUT2D eigenvalue weighted by atomic mass is 9.73. The van der Waals surface area contributed by atoms with Crippen molar-refractivity contribution in [3.63, 3.8) is 0 Å². The van der Waals surface area contributed by atoms with Crippen LogP contribution in [0.2, 0.25) is 25.7 Å². The third-order valence-corrected chi connectivity index (χ3v) is 5.98. The predicted molar refractivity (Wildman–Crippen MR) is 102 cm³/mol. The van der Waals surface area contributed by atoms with Gasteiger partial charge in [-0.2, -0.15) is 0 Å². The van der Waals surface area contributed by atoms with Gasteiger partial charge in [-0.05, 0) is 22.7 Å². The summed E-state index contributed by atoms with van der Waals surface area (Å²) in [5, 5.41) is 11.3. The number of Topliss-reactive ketones (excluding diaryl/α,β-unsaturated/α-hetero) is 1. The lowest BCUT2D eigenvalue weighted by Crippen LogP contribution is -2.38. The van der Waals surface area contributed by atoms with Gasteiger partial charge in [0.15, 0.2) is 11.4 Å². The molecule has 0 saturated carbocycles. The van der Waals surface area contributed by atoms with Crippen LogP contribution in [0.5, 0.6) is 0 Å². The fourth-order valence-electron chi connectivity index (χ4n) is 3.23. The summed E-state index contributed by atoms with van der Waals surface area (Å²) in [7, 11) is -1.17. The van der Waals surface area contributed by atoms with Crippen LogP contribution in [0, 0.1) is 0 Å². The van der Waals surface area contributed by atoms with Gasteiger partial charge in [0.05, 0.1) is 0 Å². The van der Waals surface area contributed by atoms with Crippen LogP contribution in [-0.2, 0) is 5.60 Å². The Labute approximate surface area is 144 Å². The van der Waals surface area contributed by atoms with E-state index < -0.39 is 13.7 Å². The second kappa shape index (κ2) is 6.15. The van der Waals surface area contributed by atoms with Crippen molar-refractivity contribution in [3.05, 3.63) is 71.8 Å². The molecule has 1 atom stereocenters. The summed E-state index contributed by atoms with van der Waals surface area (Å²) in [5.74, 6) is -0.200. The number of fused-ring (bicyclic) bond motifs is 3. The first-order valence-corrected chi connectivity index (χ1v) is 12.1. The number of benzene rings is 2. The molecule has 0 aromatic heterocycles. The smallest absolute Gasteiger partial charge is 0.199 e. The zero-order valence-corrected chi connectivity index (χ0v) is 15.5. The van der Waals surface area contributed by atoms with Gasteiger partial charge in [0.2, 0.25) is 0 Å². The zero-order chi connectivity index (χ0) is 17.4. The minimum atomic E-state index is -1.47. The molecule has 0 bridgehead atoms. The molecule has 0 heterocycles. The van der Waals surface area contributed by atoms with Gasteiger partial charge in [0.25, 0.3) is 0 Å². The summed E-state index contributed by atoms with van der Waals surface area (Å²) in [4.78, 5) is 13.0. The van der Waals surface area contributed by atoms with Crippen LogP contribution < -0.4 is 0 Å². The SMILES string of the molecule is C[Si](C)(C)C/C=C\CC1(O)C(=O)c2ccccc2-c2ccccc21. The molecule has 0 aliphatic heterocycles. The summed E-state index contributed by atoms with van der Waals surface area (Å²) >= 11 is 0. The van der Waals surface area contributed by atoms with Gasteiger partial charge in [0.1, 0.15) is 0 Å².